The lowest BCUT2D eigenvalue weighted by Gasteiger charge is -2.19. The molecule has 0 unspecified atom stereocenters. The van der Waals surface area contributed by atoms with Crippen LogP contribution in [0.3, 0.4) is 0 Å². The summed E-state index contributed by atoms with van der Waals surface area (Å²) in [5, 5.41) is 4.69. The van der Waals surface area contributed by atoms with Gasteiger partial charge in [0.25, 0.3) is 0 Å². The zero-order valence-electron chi connectivity index (χ0n) is 16.1. The van der Waals surface area contributed by atoms with Crippen molar-refractivity contribution in [1.29, 1.82) is 0 Å². The number of aryl methyl sites for hydroxylation is 2. The van der Waals surface area contributed by atoms with Gasteiger partial charge in [-0.05, 0) is 32.2 Å². The fourth-order valence-corrected chi connectivity index (χ4v) is 3.38. The predicted molar refractivity (Wildman–Crippen MR) is 103 cm³/mol. The van der Waals surface area contributed by atoms with Crippen LogP contribution < -0.4 is 9.47 Å². The molecule has 0 bridgehead atoms. The first-order chi connectivity index (χ1) is 13.1. The van der Waals surface area contributed by atoms with Gasteiger partial charge in [0.05, 0.1) is 5.69 Å². The first-order valence-corrected chi connectivity index (χ1v) is 9.19. The SMILES string of the molecule is Cc1nccn1CCN(C)Cc1cn(C)nc1-c1ccc2c(c1)OCCO2. The van der Waals surface area contributed by atoms with Crippen molar-refractivity contribution < 1.29 is 9.47 Å². The highest BCUT2D eigenvalue weighted by Crippen LogP contribution is 2.35. The fraction of sp³-hybridized carbons (Fsp3) is 0.400. The minimum Gasteiger partial charge on any atom is -0.486 e. The van der Waals surface area contributed by atoms with E-state index in [1.807, 2.05) is 49.2 Å². The molecular formula is C20H25N5O2. The topological polar surface area (TPSA) is 57.3 Å². The van der Waals surface area contributed by atoms with E-state index in [1.165, 1.54) is 5.56 Å². The maximum absolute atomic E-state index is 5.73. The minimum absolute atomic E-state index is 0.585. The van der Waals surface area contributed by atoms with E-state index in [2.05, 4.69) is 32.8 Å². The second-order valence-electron chi connectivity index (χ2n) is 6.94. The molecule has 0 amide bonds. The minimum atomic E-state index is 0.585. The summed E-state index contributed by atoms with van der Waals surface area (Å²) in [6.07, 6.45) is 5.95. The lowest BCUT2D eigenvalue weighted by Crippen LogP contribution is -2.23. The van der Waals surface area contributed by atoms with E-state index in [4.69, 9.17) is 9.47 Å². The first kappa shape index (κ1) is 17.6. The molecule has 4 rings (SSSR count). The number of likely N-dealkylation sites (N-methyl/N-ethyl adjacent to an activating group) is 1. The predicted octanol–water partition coefficient (Wildman–Crippen LogP) is 2.50. The molecule has 0 aliphatic carbocycles. The molecule has 0 saturated carbocycles. The van der Waals surface area contributed by atoms with Gasteiger partial charge in [0.1, 0.15) is 19.0 Å². The number of nitrogens with zero attached hydrogens (tertiary/aromatic N) is 5. The molecule has 0 radical (unpaired) electrons. The summed E-state index contributed by atoms with van der Waals surface area (Å²) in [4.78, 5) is 6.58. The quantitative estimate of drug-likeness (QED) is 0.670. The molecule has 0 fully saturated rings. The molecule has 1 aliphatic heterocycles. The Morgan fingerprint density at radius 2 is 2.00 bits per heavy atom. The highest BCUT2D eigenvalue weighted by atomic mass is 16.6. The van der Waals surface area contributed by atoms with Gasteiger partial charge in [0, 0.05) is 56.4 Å². The molecule has 0 saturated heterocycles. The van der Waals surface area contributed by atoms with Crippen molar-refractivity contribution in [1.82, 2.24) is 24.2 Å². The van der Waals surface area contributed by atoms with Crippen molar-refractivity contribution in [2.24, 2.45) is 7.05 Å². The molecule has 0 N–H and O–H groups in total. The Bertz CT molecular complexity index is 930. The lowest BCUT2D eigenvalue weighted by molar-refractivity contribution is 0.171. The zero-order valence-corrected chi connectivity index (χ0v) is 16.1. The highest BCUT2D eigenvalue weighted by Gasteiger charge is 2.17. The van der Waals surface area contributed by atoms with Crippen LogP contribution in [0.15, 0.2) is 36.8 Å². The van der Waals surface area contributed by atoms with Gasteiger partial charge < -0.3 is 18.9 Å². The first-order valence-electron chi connectivity index (χ1n) is 9.19. The van der Waals surface area contributed by atoms with E-state index in [1.54, 1.807) is 0 Å². The van der Waals surface area contributed by atoms with Gasteiger partial charge >= 0.3 is 0 Å². The second kappa shape index (κ2) is 7.44. The molecule has 7 nitrogen and oxygen atoms in total. The Morgan fingerprint density at radius 1 is 1.19 bits per heavy atom. The van der Waals surface area contributed by atoms with Crippen LogP contribution in [-0.2, 0) is 20.1 Å². The van der Waals surface area contributed by atoms with E-state index < -0.39 is 0 Å². The van der Waals surface area contributed by atoms with E-state index in [0.29, 0.717) is 13.2 Å². The van der Waals surface area contributed by atoms with Crippen molar-refractivity contribution in [2.45, 2.75) is 20.0 Å². The largest absolute Gasteiger partial charge is 0.486 e. The molecule has 0 spiro atoms. The molecule has 142 valence electrons. The van der Waals surface area contributed by atoms with Gasteiger partial charge in [0.15, 0.2) is 11.5 Å². The number of fused-ring (bicyclic) bond motifs is 1. The Labute approximate surface area is 159 Å². The number of rotatable bonds is 6. The average molecular weight is 367 g/mol. The third kappa shape index (κ3) is 3.83. The standard InChI is InChI=1S/C20H25N5O2/c1-15-21-6-7-25(15)9-8-23(2)13-17-14-24(3)22-20(17)16-4-5-18-19(12-16)27-11-10-26-18/h4-7,12,14H,8-11,13H2,1-3H3. The van der Waals surface area contributed by atoms with Gasteiger partial charge in [-0.15, -0.1) is 0 Å². The number of aromatic nitrogens is 4. The van der Waals surface area contributed by atoms with Crippen LogP contribution in [0, 0.1) is 6.92 Å². The Morgan fingerprint density at radius 3 is 2.78 bits per heavy atom. The van der Waals surface area contributed by atoms with Crippen LogP contribution in [0.5, 0.6) is 11.5 Å². The molecule has 0 atom stereocenters. The lowest BCUT2D eigenvalue weighted by atomic mass is 10.1. The van der Waals surface area contributed by atoms with E-state index in [-0.39, 0.29) is 0 Å². The summed E-state index contributed by atoms with van der Waals surface area (Å²) in [5.74, 6) is 2.64. The van der Waals surface area contributed by atoms with Gasteiger partial charge in [-0.1, -0.05) is 0 Å². The Balaban J connectivity index is 1.50. The van der Waals surface area contributed by atoms with Crippen LogP contribution in [0.1, 0.15) is 11.4 Å². The summed E-state index contributed by atoms with van der Waals surface area (Å²) < 4.78 is 15.4. The summed E-state index contributed by atoms with van der Waals surface area (Å²) in [6, 6.07) is 6.04. The summed E-state index contributed by atoms with van der Waals surface area (Å²) >= 11 is 0. The Kier molecular flexibility index (Phi) is 4.85. The maximum Gasteiger partial charge on any atom is 0.162 e. The van der Waals surface area contributed by atoms with Gasteiger partial charge in [-0.2, -0.15) is 5.10 Å². The van der Waals surface area contributed by atoms with Crippen LogP contribution in [0.25, 0.3) is 11.3 Å². The molecule has 2 aromatic heterocycles. The van der Waals surface area contributed by atoms with Crippen LogP contribution >= 0.6 is 0 Å². The average Bonchev–Trinajstić information content (AvgIpc) is 3.24. The number of benzene rings is 1. The molecule has 27 heavy (non-hydrogen) atoms. The van der Waals surface area contributed by atoms with Crippen LogP contribution in [-0.4, -0.2) is 51.0 Å². The monoisotopic (exact) mass is 367 g/mol. The van der Waals surface area contributed by atoms with Crippen molar-refractivity contribution in [3.8, 4) is 22.8 Å². The van der Waals surface area contributed by atoms with E-state index in [0.717, 1.165) is 48.2 Å². The molecule has 1 aliphatic rings. The normalized spacial score (nSPS) is 13.3. The molecule has 7 heteroatoms. The maximum atomic E-state index is 5.73. The van der Waals surface area contributed by atoms with Crippen molar-refractivity contribution in [3.63, 3.8) is 0 Å². The molecule has 3 heterocycles. The van der Waals surface area contributed by atoms with E-state index in [9.17, 15) is 0 Å². The second-order valence-corrected chi connectivity index (χ2v) is 6.94. The summed E-state index contributed by atoms with van der Waals surface area (Å²) in [5.41, 5.74) is 3.23. The molecular weight excluding hydrogens is 342 g/mol. The van der Waals surface area contributed by atoms with Crippen molar-refractivity contribution >= 4 is 0 Å². The number of hydrogen-bond donors (Lipinski definition) is 0. The summed E-state index contributed by atoms with van der Waals surface area (Å²) in [6.45, 7) is 5.89. The molecule has 3 aromatic rings. The number of hydrogen-bond acceptors (Lipinski definition) is 5. The van der Waals surface area contributed by atoms with Crippen LogP contribution in [0.4, 0.5) is 0 Å². The zero-order chi connectivity index (χ0) is 18.8. The third-order valence-corrected chi connectivity index (χ3v) is 4.81. The van der Waals surface area contributed by atoms with Gasteiger partial charge in [-0.25, -0.2) is 4.98 Å². The van der Waals surface area contributed by atoms with E-state index >= 15 is 0 Å². The van der Waals surface area contributed by atoms with Crippen molar-refractivity contribution in [3.05, 3.63) is 48.2 Å². The smallest absolute Gasteiger partial charge is 0.162 e. The Hall–Kier alpha value is -2.80. The highest BCUT2D eigenvalue weighted by molar-refractivity contribution is 5.66. The number of ether oxygens (including phenoxy) is 2. The van der Waals surface area contributed by atoms with Gasteiger partial charge in [0.2, 0.25) is 0 Å². The van der Waals surface area contributed by atoms with Gasteiger partial charge in [-0.3, -0.25) is 4.68 Å². The molecule has 1 aromatic carbocycles. The van der Waals surface area contributed by atoms with Crippen LogP contribution in [0.2, 0.25) is 0 Å². The third-order valence-electron chi connectivity index (χ3n) is 4.81. The fourth-order valence-electron chi connectivity index (χ4n) is 3.38. The van der Waals surface area contributed by atoms with Crippen molar-refractivity contribution in [2.75, 3.05) is 26.8 Å². The summed E-state index contributed by atoms with van der Waals surface area (Å²) in [7, 11) is 4.09. The number of imidazole rings is 1.